The Balaban J connectivity index is 2.09. The number of aromatic nitrogens is 1. The van der Waals surface area contributed by atoms with E-state index in [2.05, 4.69) is 10.3 Å². The van der Waals surface area contributed by atoms with Gasteiger partial charge in [0.1, 0.15) is 5.75 Å². The van der Waals surface area contributed by atoms with Crippen molar-refractivity contribution in [2.24, 2.45) is 0 Å². The topological polar surface area (TPSA) is 51.2 Å². The molecule has 0 fully saturated rings. The average molecular weight is 284 g/mol. The number of nitrogens with one attached hydrogen (secondary N) is 1. The van der Waals surface area contributed by atoms with Gasteiger partial charge in [0.15, 0.2) is 6.10 Å². The monoisotopic (exact) mass is 284 g/mol. The molecule has 21 heavy (non-hydrogen) atoms. The zero-order valence-electron chi connectivity index (χ0n) is 12.6. The first kappa shape index (κ1) is 15.0. The molecule has 1 N–H and O–H groups in total. The third-order valence-corrected chi connectivity index (χ3v) is 3.21. The third kappa shape index (κ3) is 4.05. The minimum Gasteiger partial charge on any atom is -0.480 e. The van der Waals surface area contributed by atoms with E-state index in [1.165, 1.54) is 0 Å². The lowest BCUT2D eigenvalue weighted by Gasteiger charge is -2.19. The number of anilines is 1. The number of ether oxygens (including phenoxy) is 1. The molecule has 4 heteroatoms. The van der Waals surface area contributed by atoms with Crippen LogP contribution in [0.4, 0.5) is 5.69 Å². The molecule has 4 nitrogen and oxygen atoms in total. The summed E-state index contributed by atoms with van der Waals surface area (Å²) in [6.45, 7) is 5.90. The van der Waals surface area contributed by atoms with Crippen molar-refractivity contribution in [3.8, 4) is 5.75 Å². The molecule has 1 heterocycles. The molecular weight excluding hydrogens is 264 g/mol. The number of rotatable bonds is 5. The fourth-order valence-corrected chi connectivity index (χ4v) is 1.97. The Morgan fingerprint density at radius 2 is 2.14 bits per heavy atom. The van der Waals surface area contributed by atoms with Crippen LogP contribution < -0.4 is 10.1 Å². The normalized spacial score (nSPS) is 11.8. The number of benzene rings is 1. The van der Waals surface area contributed by atoms with E-state index in [1.807, 2.05) is 39.0 Å². The van der Waals surface area contributed by atoms with Gasteiger partial charge in [0.2, 0.25) is 0 Å². The van der Waals surface area contributed by atoms with Crippen molar-refractivity contribution in [1.29, 1.82) is 0 Å². The molecule has 110 valence electrons. The SMILES string of the molecule is CC[C@@H](Oc1cc(C)ccc1C)C(=O)Nc1cccnc1. The van der Waals surface area contributed by atoms with Gasteiger partial charge >= 0.3 is 0 Å². The van der Waals surface area contributed by atoms with Gasteiger partial charge in [0.25, 0.3) is 5.91 Å². The van der Waals surface area contributed by atoms with Crippen LogP contribution in [0.5, 0.6) is 5.75 Å². The van der Waals surface area contributed by atoms with Gasteiger partial charge in [-0.1, -0.05) is 19.1 Å². The number of nitrogens with zero attached hydrogens (tertiary/aromatic N) is 1. The Morgan fingerprint density at radius 1 is 1.33 bits per heavy atom. The average Bonchev–Trinajstić information content (AvgIpc) is 2.49. The summed E-state index contributed by atoms with van der Waals surface area (Å²) in [5, 5.41) is 2.82. The number of amides is 1. The van der Waals surface area contributed by atoms with Gasteiger partial charge in [-0.2, -0.15) is 0 Å². The number of carbonyl (C=O) groups excluding carboxylic acids is 1. The lowest BCUT2D eigenvalue weighted by molar-refractivity contribution is -0.122. The van der Waals surface area contributed by atoms with Crippen molar-refractivity contribution >= 4 is 11.6 Å². The maximum Gasteiger partial charge on any atom is 0.265 e. The quantitative estimate of drug-likeness (QED) is 0.914. The summed E-state index contributed by atoms with van der Waals surface area (Å²) in [5.74, 6) is 0.592. The molecule has 1 aromatic carbocycles. The van der Waals surface area contributed by atoms with E-state index in [-0.39, 0.29) is 5.91 Å². The second kappa shape index (κ2) is 6.88. The minimum absolute atomic E-state index is 0.161. The number of hydrogen-bond donors (Lipinski definition) is 1. The van der Waals surface area contributed by atoms with Gasteiger partial charge < -0.3 is 10.1 Å². The molecule has 0 aliphatic carbocycles. The standard InChI is InChI=1S/C17H20N2O2/c1-4-15(17(20)19-14-6-5-9-18-11-14)21-16-10-12(2)7-8-13(16)3/h5-11,15H,4H2,1-3H3,(H,19,20)/t15-/m1/s1. The summed E-state index contributed by atoms with van der Waals surface area (Å²) in [4.78, 5) is 16.3. The number of pyridine rings is 1. The van der Waals surface area contributed by atoms with E-state index in [9.17, 15) is 4.79 Å². The molecule has 0 saturated heterocycles. The van der Waals surface area contributed by atoms with E-state index in [4.69, 9.17) is 4.74 Å². The predicted molar refractivity (Wildman–Crippen MR) is 83.5 cm³/mol. The molecule has 2 aromatic rings. The zero-order valence-corrected chi connectivity index (χ0v) is 12.6. The summed E-state index contributed by atoms with van der Waals surface area (Å²) < 4.78 is 5.88. The van der Waals surface area contributed by atoms with Crippen LogP contribution in [0.15, 0.2) is 42.7 Å². The van der Waals surface area contributed by atoms with Crippen molar-refractivity contribution < 1.29 is 9.53 Å². The van der Waals surface area contributed by atoms with Crippen LogP contribution in [0.3, 0.4) is 0 Å². The van der Waals surface area contributed by atoms with Crippen LogP contribution in [0.25, 0.3) is 0 Å². The van der Waals surface area contributed by atoms with E-state index < -0.39 is 6.10 Å². The fraction of sp³-hybridized carbons (Fsp3) is 0.294. The van der Waals surface area contributed by atoms with E-state index in [0.29, 0.717) is 12.1 Å². The highest BCUT2D eigenvalue weighted by Crippen LogP contribution is 2.21. The second-order valence-electron chi connectivity index (χ2n) is 5.01. The van der Waals surface area contributed by atoms with E-state index in [1.54, 1.807) is 24.5 Å². The number of aryl methyl sites for hydroxylation is 2. The van der Waals surface area contributed by atoms with E-state index in [0.717, 1.165) is 16.9 Å². The Morgan fingerprint density at radius 3 is 2.81 bits per heavy atom. The minimum atomic E-state index is -0.522. The summed E-state index contributed by atoms with van der Waals surface area (Å²) >= 11 is 0. The molecule has 0 bridgehead atoms. The van der Waals surface area contributed by atoms with Crippen LogP contribution in [0.1, 0.15) is 24.5 Å². The summed E-state index contributed by atoms with van der Waals surface area (Å²) in [5.41, 5.74) is 2.80. The predicted octanol–water partition coefficient (Wildman–Crippen LogP) is 3.49. The summed E-state index contributed by atoms with van der Waals surface area (Å²) in [7, 11) is 0. The highest BCUT2D eigenvalue weighted by atomic mass is 16.5. The fourth-order valence-electron chi connectivity index (χ4n) is 1.97. The van der Waals surface area contributed by atoms with Crippen molar-refractivity contribution in [2.45, 2.75) is 33.3 Å². The Hall–Kier alpha value is -2.36. The summed E-state index contributed by atoms with van der Waals surface area (Å²) in [6, 6.07) is 9.56. The molecular formula is C17H20N2O2. The van der Waals surface area contributed by atoms with Gasteiger partial charge in [0.05, 0.1) is 11.9 Å². The van der Waals surface area contributed by atoms with Gasteiger partial charge in [-0.3, -0.25) is 9.78 Å². The van der Waals surface area contributed by atoms with Crippen LogP contribution in [0.2, 0.25) is 0 Å². The van der Waals surface area contributed by atoms with Crippen molar-refractivity contribution in [3.05, 3.63) is 53.9 Å². The van der Waals surface area contributed by atoms with Crippen LogP contribution in [0, 0.1) is 13.8 Å². The lowest BCUT2D eigenvalue weighted by Crippen LogP contribution is -2.32. The van der Waals surface area contributed by atoms with Crippen LogP contribution in [-0.2, 0) is 4.79 Å². The maximum absolute atomic E-state index is 12.3. The molecule has 0 radical (unpaired) electrons. The zero-order chi connectivity index (χ0) is 15.2. The number of hydrogen-bond acceptors (Lipinski definition) is 3. The highest BCUT2D eigenvalue weighted by Gasteiger charge is 2.19. The first-order valence-electron chi connectivity index (χ1n) is 7.05. The third-order valence-electron chi connectivity index (χ3n) is 3.21. The first-order valence-corrected chi connectivity index (χ1v) is 7.05. The van der Waals surface area contributed by atoms with Crippen LogP contribution >= 0.6 is 0 Å². The maximum atomic E-state index is 12.3. The molecule has 0 aliphatic rings. The van der Waals surface area contributed by atoms with Crippen molar-refractivity contribution in [3.63, 3.8) is 0 Å². The number of carbonyl (C=O) groups is 1. The molecule has 1 aromatic heterocycles. The smallest absolute Gasteiger partial charge is 0.265 e. The van der Waals surface area contributed by atoms with Crippen molar-refractivity contribution in [1.82, 2.24) is 4.98 Å². The Kier molecular flexibility index (Phi) is 4.93. The molecule has 0 unspecified atom stereocenters. The highest BCUT2D eigenvalue weighted by molar-refractivity contribution is 5.94. The molecule has 2 rings (SSSR count). The van der Waals surface area contributed by atoms with Crippen molar-refractivity contribution in [2.75, 3.05) is 5.32 Å². The van der Waals surface area contributed by atoms with Crippen LogP contribution in [-0.4, -0.2) is 17.0 Å². The molecule has 0 spiro atoms. The van der Waals surface area contributed by atoms with Gasteiger partial charge in [-0.25, -0.2) is 0 Å². The lowest BCUT2D eigenvalue weighted by atomic mass is 10.1. The summed E-state index contributed by atoms with van der Waals surface area (Å²) in [6.07, 6.45) is 3.35. The molecule has 1 amide bonds. The molecule has 0 saturated carbocycles. The first-order chi connectivity index (χ1) is 10.1. The van der Waals surface area contributed by atoms with Gasteiger partial charge in [0, 0.05) is 6.20 Å². The molecule has 0 aliphatic heterocycles. The Bertz CT molecular complexity index is 611. The largest absolute Gasteiger partial charge is 0.480 e. The second-order valence-corrected chi connectivity index (χ2v) is 5.01. The van der Waals surface area contributed by atoms with Gasteiger partial charge in [-0.05, 0) is 49.6 Å². The Labute approximate surface area is 125 Å². The van der Waals surface area contributed by atoms with Gasteiger partial charge in [-0.15, -0.1) is 0 Å². The molecule has 1 atom stereocenters. The van der Waals surface area contributed by atoms with E-state index >= 15 is 0 Å².